The molecule has 1 fully saturated rings. The van der Waals surface area contributed by atoms with Gasteiger partial charge in [-0.15, -0.1) is 0 Å². The molecule has 128 valence electrons. The van der Waals surface area contributed by atoms with Crippen molar-refractivity contribution in [2.24, 2.45) is 0 Å². The Bertz CT molecular complexity index is 708. The minimum atomic E-state index is 0.327. The molecule has 1 aliphatic rings. The molecule has 2 aromatic carbocycles. The van der Waals surface area contributed by atoms with Crippen LogP contribution in [-0.2, 0) is 6.54 Å². The summed E-state index contributed by atoms with van der Waals surface area (Å²) in [6.45, 7) is 5.17. The second kappa shape index (κ2) is 7.64. The van der Waals surface area contributed by atoms with Crippen molar-refractivity contribution in [2.45, 2.75) is 12.6 Å². The van der Waals surface area contributed by atoms with E-state index in [0.717, 1.165) is 38.5 Å². The van der Waals surface area contributed by atoms with Crippen LogP contribution in [0, 0.1) is 0 Å². The Morgan fingerprint density at radius 2 is 1.44 bits per heavy atom. The fourth-order valence-corrected chi connectivity index (χ4v) is 3.66. The third-order valence-corrected chi connectivity index (χ3v) is 4.93. The summed E-state index contributed by atoms with van der Waals surface area (Å²) in [6, 6.07) is 22.0. The van der Waals surface area contributed by atoms with Crippen LogP contribution in [0.3, 0.4) is 0 Å². The Labute approximate surface area is 149 Å². The van der Waals surface area contributed by atoms with E-state index in [0.29, 0.717) is 6.04 Å². The minimum absolute atomic E-state index is 0.327. The second-order valence-electron chi connectivity index (χ2n) is 6.57. The topological polar surface area (TPSA) is 35.2 Å². The van der Waals surface area contributed by atoms with Gasteiger partial charge in [-0.25, -0.2) is 4.98 Å². The number of aromatic amines is 1. The first-order valence-corrected chi connectivity index (χ1v) is 8.95. The van der Waals surface area contributed by atoms with Gasteiger partial charge in [0.1, 0.15) is 5.82 Å². The predicted molar refractivity (Wildman–Crippen MR) is 100 cm³/mol. The number of piperazine rings is 1. The van der Waals surface area contributed by atoms with E-state index in [2.05, 4.69) is 80.4 Å². The number of benzene rings is 2. The highest BCUT2D eigenvalue weighted by atomic mass is 15.3. The molecule has 0 saturated carbocycles. The quantitative estimate of drug-likeness (QED) is 0.778. The molecule has 0 spiro atoms. The highest BCUT2D eigenvalue weighted by Gasteiger charge is 2.26. The number of aromatic nitrogens is 2. The summed E-state index contributed by atoms with van der Waals surface area (Å²) >= 11 is 0. The molecule has 4 rings (SSSR count). The van der Waals surface area contributed by atoms with Crippen LogP contribution in [0.4, 0.5) is 0 Å². The molecule has 25 heavy (non-hydrogen) atoms. The average Bonchev–Trinajstić information content (AvgIpc) is 3.18. The molecular formula is C21H24N4. The molecule has 4 nitrogen and oxygen atoms in total. The Morgan fingerprint density at radius 3 is 1.96 bits per heavy atom. The van der Waals surface area contributed by atoms with Gasteiger partial charge in [0.25, 0.3) is 0 Å². The molecule has 0 radical (unpaired) electrons. The molecule has 0 bridgehead atoms. The molecule has 0 aliphatic carbocycles. The van der Waals surface area contributed by atoms with Crippen LogP contribution in [0.25, 0.3) is 0 Å². The van der Waals surface area contributed by atoms with Gasteiger partial charge in [-0.2, -0.15) is 0 Å². The largest absolute Gasteiger partial charge is 0.348 e. The molecule has 0 atom stereocenters. The van der Waals surface area contributed by atoms with E-state index in [-0.39, 0.29) is 0 Å². The van der Waals surface area contributed by atoms with Crippen molar-refractivity contribution in [1.29, 1.82) is 0 Å². The van der Waals surface area contributed by atoms with Gasteiger partial charge in [0.15, 0.2) is 0 Å². The highest BCUT2D eigenvalue weighted by Crippen LogP contribution is 2.29. The van der Waals surface area contributed by atoms with E-state index in [1.807, 2.05) is 12.4 Å². The molecule has 1 aromatic heterocycles. The first-order valence-electron chi connectivity index (χ1n) is 8.95. The van der Waals surface area contributed by atoms with Crippen molar-refractivity contribution in [1.82, 2.24) is 19.8 Å². The number of hydrogen-bond acceptors (Lipinski definition) is 3. The van der Waals surface area contributed by atoms with Crippen LogP contribution in [0.15, 0.2) is 73.1 Å². The monoisotopic (exact) mass is 332 g/mol. The predicted octanol–water partition coefficient (Wildman–Crippen LogP) is 3.32. The second-order valence-corrected chi connectivity index (χ2v) is 6.57. The lowest BCUT2D eigenvalue weighted by Crippen LogP contribution is -2.47. The number of nitrogens with one attached hydrogen (secondary N) is 1. The zero-order valence-electron chi connectivity index (χ0n) is 14.4. The van der Waals surface area contributed by atoms with Gasteiger partial charge >= 0.3 is 0 Å². The van der Waals surface area contributed by atoms with Gasteiger partial charge < -0.3 is 4.98 Å². The molecular weight excluding hydrogens is 308 g/mol. The fraction of sp³-hybridized carbons (Fsp3) is 0.286. The van der Waals surface area contributed by atoms with Gasteiger partial charge in [-0.05, 0) is 11.1 Å². The molecule has 1 N–H and O–H groups in total. The van der Waals surface area contributed by atoms with Crippen molar-refractivity contribution in [3.05, 3.63) is 90.0 Å². The lowest BCUT2D eigenvalue weighted by molar-refractivity contribution is 0.103. The Kier molecular flexibility index (Phi) is 4.91. The summed E-state index contributed by atoms with van der Waals surface area (Å²) in [7, 11) is 0. The molecule has 1 aliphatic heterocycles. The third kappa shape index (κ3) is 3.81. The maximum Gasteiger partial charge on any atom is 0.120 e. The van der Waals surface area contributed by atoms with Crippen LogP contribution < -0.4 is 0 Å². The molecule has 0 amide bonds. The molecule has 2 heterocycles. The maximum absolute atomic E-state index is 4.35. The summed E-state index contributed by atoms with van der Waals surface area (Å²) in [6.07, 6.45) is 3.72. The standard InChI is InChI=1S/C21H24N4/c1-3-7-18(8-4-1)21(19-9-5-2-6-10-19)25-15-13-24(14-16-25)17-20-22-11-12-23-20/h1-12,21H,13-17H2,(H,22,23). The van der Waals surface area contributed by atoms with Crippen LogP contribution in [0.5, 0.6) is 0 Å². The number of hydrogen-bond donors (Lipinski definition) is 1. The minimum Gasteiger partial charge on any atom is -0.348 e. The highest BCUT2D eigenvalue weighted by molar-refractivity contribution is 5.31. The van der Waals surface area contributed by atoms with Crippen molar-refractivity contribution in [3.8, 4) is 0 Å². The number of rotatable bonds is 5. The normalized spacial score (nSPS) is 16.4. The Morgan fingerprint density at radius 1 is 0.840 bits per heavy atom. The summed E-state index contributed by atoms with van der Waals surface area (Å²) in [5, 5.41) is 0. The van der Waals surface area contributed by atoms with Crippen LogP contribution in [-0.4, -0.2) is 45.9 Å². The lowest BCUT2D eigenvalue weighted by atomic mass is 9.96. The molecule has 3 aromatic rings. The van der Waals surface area contributed by atoms with Crippen molar-refractivity contribution >= 4 is 0 Å². The first-order chi connectivity index (χ1) is 12.4. The van der Waals surface area contributed by atoms with Crippen LogP contribution in [0.2, 0.25) is 0 Å². The van der Waals surface area contributed by atoms with Gasteiger partial charge in [-0.3, -0.25) is 9.80 Å². The van der Waals surface area contributed by atoms with Crippen molar-refractivity contribution in [2.75, 3.05) is 26.2 Å². The zero-order valence-corrected chi connectivity index (χ0v) is 14.4. The van der Waals surface area contributed by atoms with E-state index < -0.39 is 0 Å². The Hall–Kier alpha value is -2.43. The van der Waals surface area contributed by atoms with E-state index in [4.69, 9.17) is 0 Å². The van der Waals surface area contributed by atoms with Gasteiger partial charge in [0, 0.05) is 38.6 Å². The van der Waals surface area contributed by atoms with Crippen LogP contribution >= 0.6 is 0 Å². The van der Waals surface area contributed by atoms with Gasteiger partial charge in [0.2, 0.25) is 0 Å². The molecule has 4 heteroatoms. The fourth-order valence-electron chi connectivity index (χ4n) is 3.66. The zero-order chi connectivity index (χ0) is 16.9. The number of imidazole rings is 1. The number of nitrogens with zero attached hydrogens (tertiary/aromatic N) is 3. The molecule has 0 unspecified atom stereocenters. The van der Waals surface area contributed by atoms with E-state index in [9.17, 15) is 0 Å². The summed E-state index contributed by atoms with van der Waals surface area (Å²) in [4.78, 5) is 12.6. The van der Waals surface area contributed by atoms with E-state index in [1.54, 1.807) is 0 Å². The summed E-state index contributed by atoms with van der Waals surface area (Å²) in [5.41, 5.74) is 2.74. The third-order valence-electron chi connectivity index (χ3n) is 4.93. The van der Waals surface area contributed by atoms with Crippen LogP contribution in [0.1, 0.15) is 23.0 Å². The SMILES string of the molecule is c1ccc(C(c2ccccc2)N2CCN(Cc3ncc[nH]3)CC2)cc1. The Balaban J connectivity index is 1.49. The first kappa shape index (κ1) is 16.1. The summed E-state index contributed by atoms with van der Waals surface area (Å²) in [5.74, 6) is 1.05. The van der Waals surface area contributed by atoms with Crippen molar-refractivity contribution in [3.63, 3.8) is 0 Å². The van der Waals surface area contributed by atoms with Gasteiger partial charge in [0.05, 0.1) is 12.6 Å². The average molecular weight is 332 g/mol. The molecule has 1 saturated heterocycles. The smallest absolute Gasteiger partial charge is 0.120 e. The van der Waals surface area contributed by atoms with Crippen molar-refractivity contribution < 1.29 is 0 Å². The van der Waals surface area contributed by atoms with Gasteiger partial charge in [-0.1, -0.05) is 60.7 Å². The van der Waals surface area contributed by atoms with E-state index >= 15 is 0 Å². The number of H-pyrrole nitrogens is 1. The maximum atomic E-state index is 4.35. The van der Waals surface area contributed by atoms with E-state index in [1.165, 1.54) is 11.1 Å². The summed E-state index contributed by atoms with van der Waals surface area (Å²) < 4.78 is 0. The lowest BCUT2D eigenvalue weighted by Gasteiger charge is -2.39.